The van der Waals surface area contributed by atoms with E-state index >= 15 is 0 Å². The molecule has 0 saturated carbocycles. The van der Waals surface area contributed by atoms with Crippen LogP contribution in [0.4, 0.5) is 0 Å². The maximum atomic E-state index is 9.38. The van der Waals surface area contributed by atoms with Gasteiger partial charge >= 0.3 is 0 Å². The molecule has 1 nitrogen and oxygen atoms in total. The Morgan fingerprint density at radius 3 is 2.50 bits per heavy atom. The fourth-order valence-corrected chi connectivity index (χ4v) is 0.174. The lowest BCUT2D eigenvalue weighted by atomic mass is 10.3. The largest absolute Gasteiger partial charge is 0.542 e. The van der Waals surface area contributed by atoms with Gasteiger partial charge in [0.05, 0.1) is 0 Å². The highest BCUT2D eigenvalue weighted by Gasteiger charge is 1.65. The molecule has 6 heavy (non-hydrogen) atoms. The Labute approximate surface area is 38.4 Å². The summed E-state index contributed by atoms with van der Waals surface area (Å²) < 4.78 is 0. The van der Waals surface area contributed by atoms with E-state index in [9.17, 15) is 4.79 Å². The summed E-state index contributed by atoms with van der Waals surface area (Å²) in [5.41, 5.74) is 0. The second-order valence-corrected chi connectivity index (χ2v) is 1.04. The van der Waals surface area contributed by atoms with E-state index in [-0.39, 0.29) is 0 Å². The van der Waals surface area contributed by atoms with Crippen LogP contribution in [0.15, 0.2) is 0 Å². The van der Waals surface area contributed by atoms with Crippen LogP contribution in [0.3, 0.4) is 0 Å². The Balaban J connectivity index is 2.49. The van der Waals surface area contributed by atoms with E-state index in [2.05, 4.69) is 0 Å². The van der Waals surface area contributed by atoms with Crippen molar-refractivity contribution in [1.29, 1.82) is 0 Å². The predicted molar refractivity (Wildman–Crippen MR) is 23.8 cm³/mol. The fraction of sp³-hybridized carbons (Fsp3) is 0.600. The standard InChI is InChI=1S/C5H7O/c1-2-3-4-5-6/h1H,2-4H2/q-1. The predicted octanol–water partition coefficient (Wildman–Crippen LogP) is 0.977. The molecular weight excluding hydrogens is 76.1 g/mol. The van der Waals surface area contributed by atoms with Crippen molar-refractivity contribution in [3.05, 3.63) is 6.92 Å². The minimum absolute atomic E-state index is 0.483. The molecule has 0 bridgehead atoms. The SMILES string of the molecule is [CH]CCC[C-]=O. The summed E-state index contributed by atoms with van der Waals surface area (Å²) in [5.74, 6) is 0. The summed E-state index contributed by atoms with van der Waals surface area (Å²) >= 11 is 0. The zero-order valence-electron chi connectivity index (χ0n) is 3.61. The van der Waals surface area contributed by atoms with Gasteiger partial charge in [0.25, 0.3) is 0 Å². The summed E-state index contributed by atoms with van der Waals surface area (Å²) in [4.78, 5) is 9.38. The summed E-state index contributed by atoms with van der Waals surface area (Å²) in [6.45, 7) is 5.04. The van der Waals surface area contributed by atoms with Crippen molar-refractivity contribution in [2.75, 3.05) is 0 Å². The van der Waals surface area contributed by atoms with Crippen molar-refractivity contribution in [1.82, 2.24) is 0 Å². The molecule has 0 fully saturated rings. The molecule has 0 aromatic rings. The zero-order valence-corrected chi connectivity index (χ0v) is 3.61. The molecule has 0 aliphatic rings. The van der Waals surface area contributed by atoms with Crippen molar-refractivity contribution >= 4 is 6.29 Å². The molecule has 0 heterocycles. The third-order valence-corrected chi connectivity index (χ3v) is 0.483. The highest BCUT2D eigenvalue weighted by molar-refractivity contribution is 5.50. The quantitative estimate of drug-likeness (QED) is 0.367. The average Bonchev–Trinajstić information content (AvgIpc) is 1.61. The molecule has 0 aliphatic heterocycles. The Bertz CT molecular complexity index is 32.9. The second kappa shape index (κ2) is 4.67. The van der Waals surface area contributed by atoms with E-state index in [1.165, 1.54) is 0 Å². The van der Waals surface area contributed by atoms with Crippen molar-refractivity contribution in [3.63, 3.8) is 0 Å². The van der Waals surface area contributed by atoms with Crippen molar-refractivity contribution in [2.24, 2.45) is 0 Å². The Hall–Kier alpha value is -0.330. The molecule has 0 saturated heterocycles. The molecule has 34 valence electrons. The van der Waals surface area contributed by atoms with Gasteiger partial charge in [-0.3, -0.25) is 6.29 Å². The van der Waals surface area contributed by atoms with Crippen LogP contribution in [0.25, 0.3) is 0 Å². The molecule has 0 atom stereocenters. The minimum Gasteiger partial charge on any atom is -0.542 e. The Morgan fingerprint density at radius 1 is 1.67 bits per heavy atom. The van der Waals surface area contributed by atoms with E-state index in [0.717, 1.165) is 6.42 Å². The molecule has 0 amide bonds. The molecule has 0 aromatic heterocycles. The molecule has 1 heteroatoms. The van der Waals surface area contributed by atoms with E-state index in [4.69, 9.17) is 6.92 Å². The van der Waals surface area contributed by atoms with Gasteiger partial charge < -0.3 is 4.79 Å². The molecule has 0 rings (SSSR count). The fourth-order valence-electron chi connectivity index (χ4n) is 0.174. The number of unbranched alkanes of at least 4 members (excludes halogenated alkanes) is 2. The molecular formula is C5H7O-. The van der Waals surface area contributed by atoms with Crippen LogP contribution in [-0.4, -0.2) is 6.29 Å². The van der Waals surface area contributed by atoms with E-state index in [1.807, 2.05) is 0 Å². The van der Waals surface area contributed by atoms with Gasteiger partial charge in [0.2, 0.25) is 0 Å². The van der Waals surface area contributed by atoms with Gasteiger partial charge in [-0.05, 0) is 6.92 Å². The normalized spacial score (nSPS) is 8.17. The van der Waals surface area contributed by atoms with Crippen LogP contribution in [0.5, 0.6) is 0 Å². The monoisotopic (exact) mass is 83.1 g/mol. The number of hydrogen-bond donors (Lipinski definition) is 0. The van der Waals surface area contributed by atoms with E-state index < -0.39 is 0 Å². The van der Waals surface area contributed by atoms with Gasteiger partial charge in [0.1, 0.15) is 0 Å². The minimum atomic E-state index is 0.483. The lowest BCUT2D eigenvalue weighted by Crippen LogP contribution is -1.70. The van der Waals surface area contributed by atoms with Crippen molar-refractivity contribution in [2.45, 2.75) is 19.3 Å². The number of rotatable bonds is 3. The summed E-state index contributed by atoms with van der Waals surface area (Å²) in [7, 11) is 0. The van der Waals surface area contributed by atoms with Crippen LogP contribution >= 0.6 is 0 Å². The first-order valence-corrected chi connectivity index (χ1v) is 1.97. The second-order valence-electron chi connectivity index (χ2n) is 1.04. The molecule has 0 aliphatic carbocycles. The Kier molecular flexibility index (Phi) is 4.41. The smallest absolute Gasteiger partial charge is 0.0353 e. The summed E-state index contributed by atoms with van der Waals surface area (Å²) in [5, 5.41) is 0. The number of carbonyl (C=O) groups excluding carboxylic acids is 1. The molecule has 0 N–H and O–H groups in total. The first-order chi connectivity index (χ1) is 2.91. The lowest BCUT2D eigenvalue weighted by molar-refractivity contribution is 0.549. The first kappa shape index (κ1) is 5.67. The molecule has 0 unspecified atom stereocenters. The van der Waals surface area contributed by atoms with Crippen LogP contribution < -0.4 is 0 Å². The highest BCUT2D eigenvalue weighted by atomic mass is 16.1. The van der Waals surface area contributed by atoms with E-state index in [1.54, 1.807) is 6.29 Å². The van der Waals surface area contributed by atoms with Gasteiger partial charge in [0, 0.05) is 0 Å². The van der Waals surface area contributed by atoms with Gasteiger partial charge in [0.15, 0.2) is 0 Å². The number of hydrogen-bond acceptors (Lipinski definition) is 1. The van der Waals surface area contributed by atoms with Crippen molar-refractivity contribution in [3.8, 4) is 0 Å². The van der Waals surface area contributed by atoms with Gasteiger partial charge in [-0.25, -0.2) is 0 Å². The van der Waals surface area contributed by atoms with Gasteiger partial charge in [-0.15, -0.1) is 0 Å². The maximum absolute atomic E-state index is 9.38. The molecule has 2 radical (unpaired) electrons. The third-order valence-electron chi connectivity index (χ3n) is 0.483. The van der Waals surface area contributed by atoms with Gasteiger partial charge in [-0.2, -0.15) is 6.42 Å². The summed E-state index contributed by atoms with van der Waals surface area (Å²) in [6, 6.07) is 0. The third kappa shape index (κ3) is 3.67. The van der Waals surface area contributed by atoms with Crippen LogP contribution in [0.2, 0.25) is 0 Å². The van der Waals surface area contributed by atoms with Crippen LogP contribution in [-0.2, 0) is 4.79 Å². The zero-order chi connectivity index (χ0) is 4.83. The topological polar surface area (TPSA) is 17.1 Å². The first-order valence-electron chi connectivity index (χ1n) is 1.97. The van der Waals surface area contributed by atoms with Gasteiger partial charge in [-0.1, -0.05) is 12.8 Å². The lowest BCUT2D eigenvalue weighted by Gasteiger charge is -1.89. The van der Waals surface area contributed by atoms with E-state index in [0.29, 0.717) is 12.8 Å². The Morgan fingerprint density at radius 2 is 2.33 bits per heavy atom. The molecule has 0 spiro atoms. The van der Waals surface area contributed by atoms with Crippen molar-refractivity contribution < 1.29 is 4.79 Å². The summed E-state index contributed by atoms with van der Waals surface area (Å²) in [6.07, 6.45) is 3.58. The van der Waals surface area contributed by atoms with Crippen LogP contribution in [0, 0.1) is 6.92 Å². The average molecular weight is 83.1 g/mol. The van der Waals surface area contributed by atoms with Crippen LogP contribution in [0.1, 0.15) is 19.3 Å². The highest BCUT2D eigenvalue weighted by Crippen LogP contribution is 1.86. The maximum Gasteiger partial charge on any atom is -0.0353 e. The molecule has 0 aromatic carbocycles.